The number of hydrazine groups is 1. The standard InChI is InChI=1S/C13H13N3O4S/c1-21(18,19)15-16-12(9-6-7-20-8-9)14-11-5-3-2-4-10(11)13(16)17/h2-8,12,14-15H,1H3/t12-/m1/s1. The second-order valence-electron chi connectivity index (χ2n) is 4.69. The lowest BCUT2D eigenvalue weighted by atomic mass is 10.1. The number of hydrogen-bond acceptors (Lipinski definition) is 5. The van der Waals surface area contributed by atoms with Crippen molar-refractivity contribution in [2.75, 3.05) is 11.6 Å². The van der Waals surface area contributed by atoms with Crippen molar-refractivity contribution in [3.8, 4) is 0 Å². The van der Waals surface area contributed by atoms with E-state index in [2.05, 4.69) is 10.1 Å². The largest absolute Gasteiger partial charge is 0.472 e. The molecule has 0 saturated carbocycles. The van der Waals surface area contributed by atoms with Crippen LogP contribution in [0.4, 0.5) is 5.69 Å². The third-order valence-corrected chi connectivity index (χ3v) is 3.58. The van der Waals surface area contributed by atoms with Crippen LogP contribution in [-0.4, -0.2) is 25.6 Å². The number of hydrogen-bond donors (Lipinski definition) is 2. The minimum absolute atomic E-state index is 0.397. The number of carbonyl (C=O) groups is 1. The molecule has 0 unspecified atom stereocenters. The fraction of sp³-hybridized carbons (Fsp3) is 0.154. The molecule has 1 amide bonds. The van der Waals surface area contributed by atoms with Crippen LogP contribution in [0.5, 0.6) is 0 Å². The Labute approximate surface area is 121 Å². The van der Waals surface area contributed by atoms with Crippen LogP contribution in [0.3, 0.4) is 0 Å². The maximum absolute atomic E-state index is 12.5. The minimum Gasteiger partial charge on any atom is -0.472 e. The molecule has 1 aromatic carbocycles. The number of benzene rings is 1. The van der Waals surface area contributed by atoms with E-state index in [4.69, 9.17) is 4.42 Å². The smallest absolute Gasteiger partial charge is 0.273 e. The molecule has 3 rings (SSSR count). The summed E-state index contributed by atoms with van der Waals surface area (Å²) in [6.07, 6.45) is 3.23. The molecule has 2 N–H and O–H groups in total. The zero-order valence-electron chi connectivity index (χ0n) is 11.1. The van der Waals surface area contributed by atoms with Crippen LogP contribution in [0.2, 0.25) is 0 Å². The number of amides is 1. The second-order valence-corrected chi connectivity index (χ2v) is 6.41. The Hall–Kier alpha value is -2.32. The van der Waals surface area contributed by atoms with Gasteiger partial charge in [0, 0.05) is 11.3 Å². The summed E-state index contributed by atoms with van der Waals surface area (Å²) in [6, 6.07) is 8.57. The average molecular weight is 307 g/mol. The number of nitrogens with one attached hydrogen (secondary N) is 2. The highest BCUT2D eigenvalue weighted by molar-refractivity contribution is 7.88. The molecule has 1 atom stereocenters. The molecule has 0 spiro atoms. The number of sulfonamides is 1. The van der Waals surface area contributed by atoms with Crippen molar-refractivity contribution in [2.45, 2.75) is 6.17 Å². The van der Waals surface area contributed by atoms with Crippen LogP contribution in [0.1, 0.15) is 22.1 Å². The zero-order chi connectivity index (χ0) is 15.0. The van der Waals surface area contributed by atoms with Crippen LogP contribution in [-0.2, 0) is 10.0 Å². The molecule has 110 valence electrons. The second kappa shape index (κ2) is 4.90. The first-order chi connectivity index (χ1) is 9.96. The van der Waals surface area contributed by atoms with E-state index < -0.39 is 22.1 Å². The van der Waals surface area contributed by atoms with Crippen molar-refractivity contribution < 1.29 is 17.6 Å². The molecule has 0 saturated heterocycles. The summed E-state index contributed by atoms with van der Waals surface area (Å²) in [5, 5.41) is 4.16. The monoisotopic (exact) mass is 307 g/mol. The third-order valence-electron chi connectivity index (χ3n) is 3.05. The van der Waals surface area contributed by atoms with E-state index in [9.17, 15) is 13.2 Å². The first kappa shape index (κ1) is 13.7. The van der Waals surface area contributed by atoms with Crippen LogP contribution in [0.25, 0.3) is 0 Å². The number of furan rings is 1. The van der Waals surface area contributed by atoms with Crippen molar-refractivity contribution in [3.05, 3.63) is 54.0 Å². The van der Waals surface area contributed by atoms with Crippen molar-refractivity contribution in [1.29, 1.82) is 0 Å². The highest BCUT2D eigenvalue weighted by Gasteiger charge is 2.35. The van der Waals surface area contributed by atoms with Crippen LogP contribution < -0.4 is 10.1 Å². The quantitative estimate of drug-likeness (QED) is 0.892. The van der Waals surface area contributed by atoms with E-state index in [-0.39, 0.29) is 0 Å². The molecule has 0 bridgehead atoms. The van der Waals surface area contributed by atoms with Crippen molar-refractivity contribution in [1.82, 2.24) is 9.84 Å². The van der Waals surface area contributed by atoms with E-state index in [0.717, 1.165) is 11.3 Å². The molecule has 1 aliphatic rings. The summed E-state index contributed by atoms with van der Waals surface area (Å²) in [5.41, 5.74) is 1.67. The summed E-state index contributed by atoms with van der Waals surface area (Å²) in [7, 11) is -3.60. The van der Waals surface area contributed by atoms with Gasteiger partial charge in [-0.15, -0.1) is 4.83 Å². The normalized spacial score (nSPS) is 18.2. The van der Waals surface area contributed by atoms with Gasteiger partial charge in [0.2, 0.25) is 10.0 Å². The summed E-state index contributed by atoms with van der Waals surface area (Å²) >= 11 is 0. The zero-order valence-corrected chi connectivity index (χ0v) is 11.9. The highest BCUT2D eigenvalue weighted by atomic mass is 32.2. The van der Waals surface area contributed by atoms with Crippen molar-refractivity contribution >= 4 is 21.6 Å². The molecule has 0 fully saturated rings. The lowest BCUT2D eigenvalue weighted by Gasteiger charge is -2.36. The molecular formula is C13H13N3O4S. The van der Waals surface area contributed by atoms with Gasteiger partial charge in [0.15, 0.2) is 0 Å². The summed E-state index contributed by atoms with van der Waals surface area (Å²) in [5.74, 6) is -0.430. The van der Waals surface area contributed by atoms with Gasteiger partial charge in [-0.1, -0.05) is 12.1 Å². The molecular weight excluding hydrogens is 294 g/mol. The van der Waals surface area contributed by atoms with Crippen molar-refractivity contribution in [3.63, 3.8) is 0 Å². The van der Waals surface area contributed by atoms with Crippen LogP contribution in [0.15, 0.2) is 47.3 Å². The van der Waals surface area contributed by atoms with E-state index in [0.29, 0.717) is 16.8 Å². The van der Waals surface area contributed by atoms with Gasteiger partial charge in [-0.25, -0.2) is 13.4 Å². The lowest BCUT2D eigenvalue weighted by Crippen LogP contribution is -2.52. The fourth-order valence-electron chi connectivity index (χ4n) is 2.19. The molecule has 21 heavy (non-hydrogen) atoms. The van der Waals surface area contributed by atoms with Gasteiger partial charge >= 0.3 is 0 Å². The molecule has 2 heterocycles. The Morgan fingerprint density at radius 1 is 1.29 bits per heavy atom. The molecule has 1 aliphatic heterocycles. The topological polar surface area (TPSA) is 91.7 Å². The average Bonchev–Trinajstić information content (AvgIpc) is 2.94. The van der Waals surface area contributed by atoms with Crippen LogP contribution in [0, 0.1) is 0 Å². The first-order valence-electron chi connectivity index (χ1n) is 6.14. The first-order valence-corrected chi connectivity index (χ1v) is 8.03. The number of para-hydroxylation sites is 1. The Balaban J connectivity index is 2.07. The van der Waals surface area contributed by atoms with Crippen molar-refractivity contribution in [2.24, 2.45) is 0 Å². The van der Waals surface area contributed by atoms with Gasteiger partial charge in [-0.05, 0) is 18.2 Å². The molecule has 0 radical (unpaired) electrons. The number of carbonyl (C=O) groups excluding carboxylic acids is 1. The van der Waals surface area contributed by atoms with Gasteiger partial charge in [-0.2, -0.15) is 0 Å². The molecule has 7 nitrogen and oxygen atoms in total. The SMILES string of the molecule is CS(=O)(=O)NN1C(=O)c2ccccc2N[C@H]1c1ccoc1. The predicted octanol–water partition coefficient (Wildman–Crippen LogP) is 1.31. The van der Waals surface area contributed by atoms with E-state index >= 15 is 0 Å². The Morgan fingerprint density at radius 3 is 2.71 bits per heavy atom. The number of fused-ring (bicyclic) bond motifs is 1. The minimum atomic E-state index is -3.60. The summed E-state index contributed by atoms with van der Waals surface area (Å²) < 4.78 is 28.0. The maximum atomic E-state index is 12.5. The summed E-state index contributed by atoms with van der Waals surface area (Å²) in [4.78, 5) is 14.8. The third kappa shape index (κ3) is 2.63. The van der Waals surface area contributed by atoms with Gasteiger partial charge in [-0.3, -0.25) is 4.79 Å². The summed E-state index contributed by atoms with van der Waals surface area (Å²) in [6.45, 7) is 0. The fourth-order valence-corrected chi connectivity index (χ4v) is 2.74. The Bertz CT molecular complexity index is 770. The number of rotatable bonds is 3. The number of anilines is 1. The van der Waals surface area contributed by atoms with E-state index in [1.165, 1.54) is 12.5 Å². The maximum Gasteiger partial charge on any atom is 0.273 e. The number of nitrogens with zero attached hydrogens (tertiary/aromatic N) is 1. The van der Waals surface area contributed by atoms with E-state index in [1.807, 2.05) is 0 Å². The van der Waals surface area contributed by atoms with Crippen LogP contribution >= 0.6 is 0 Å². The Kier molecular flexibility index (Phi) is 3.19. The lowest BCUT2D eigenvalue weighted by molar-refractivity contribution is 0.0633. The highest BCUT2D eigenvalue weighted by Crippen LogP contribution is 2.32. The molecule has 8 heteroatoms. The van der Waals surface area contributed by atoms with Gasteiger partial charge in [0.05, 0.1) is 24.3 Å². The van der Waals surface area contributed by atoms with E-state index in [1.54, 1.807) is 30.3 Å². The predicted molar refractivity (Wildman–Crippen MR) is 75.7 cm³/mol. The van der Waals surface area contributed by atoms with Gasteiger partial charge in [0.1, 0.15) is 6.17 Å². The molecule has 0 aliphatic carbocycles. The Morgan fingerprint density at radius 2 is 2.05 bits per heavy atom. The van der Waals surface area contributed by atoms with Gasteiger partial charge in [0.25, 0.3) is 5.91 Å². The molecule has 2 aromatic rings. The van der Waals surface area contributed by atoms with Gasteiger partial charge < -0.3 is 9.73 Å². The molecule has 1 aromatic heterocycles.